The molecule has 0 unspecified atom stereocenters. The first-order chi connectivity index (χ1) is 15.8. The minimum atomic E-state index is -0.617. The van der Waals surface area contributed by atoms with E-state index in [2.05, 4.69) is 34.3 Å². The fourth-order valence-electron chi connectivity index (χ4n) is 4.68. The van der Waals surface area contributed by atoms with Crippen LogP contribution in [0.5, 0.6) is 0 Å². The van der Waals surface area contributed by atoms with Crippen molar-refractivity contribution in [1.29, 1.82) is 0 Å². The summed E-state index contributed by atoms with van der Waals surface area (Å²) >= 11 is 0. The molecule has 172 valence electrons. The Morgan fingerprint density at radius 3 is 2.67 bits per heavy atom. The summed E-state index contributed by atoms with van der Waals surface area (Å²) in [5.41, 5.74) is 3.95. The first kappa shape index (κ1) is 21.8. The second-order valence-electron chi connectivity index (χ2n) is 9.49. The summed E-state index contributed by atoms with van der Waals surface area (Å²) in [6.45, 7) is 9.42. The van der Waals surface area contributed by atoms with Crippen molar-refractivity contribution in [2.45, 2.75) is 25.9 Å². The maximum atomic E-state index is 13.6. The number of rotatable bonds is 4. The van der Waals surface area contributed by atoms with E-state index in [1.807, 2.05) is 26.1 Å². The number of hydrogen-bond acceptors (Lipinski definition) is 5. The zero-order chi connectivity index (χ0) is 23.2. The minimum Gasteiger partial charge on any atom is -0.482 e. The van der Waals surface area contributed by atoms with Gasteiger partial charge in [-0.2, -0.15) is 0 Å². The third kappa shape index (κ3) is 4.30. The van der Waals surface area contributed by atoms with E-state index < -0.39 is 5.60 Å². The van der Waals surface area contributed by atoms with Crippen LogP contribution in [0.2, 0.25) is 0 Å². The fourth-order valence-corrected chi connectivity index (χ4v) is 4.68. The van der Waals surface area contributed by atoms with Gasteiger partial charge in [-0.05, 0) is 51.2 Å². The number of hydrogen-bond donors (Lipinski definition) is 1. The number of anilines is 1. The van der Waals surface area contributed by atoms with Crippen LogP contribution < -0.4 is 5.32 Å². The van der Waals surface area contributed by atoms with Gasteiger partial charge < -0.3 is 19.9 Å². The Labute approximate surface area is 193 Å². The summed E-state index contributed by atoms with van der Waals surface area (Å²) in [6, 6.07) is 8.46. The number of carbonyl (C=O) groups is 1. The molecule has 0 atom stereocenters. The summed E-state index contributed by atoms with van der Waals surface area (Å²) in [5, 5.41) is 2.73. The van der Waals surface area contributed by atoms with Gasteiger partial charge in [-0.15, -0.1) is 0 Å². The highest BCUT2D eigenvalue weighted by molar-refractivity contribution is 6.32. The van der Waals surface area contributed by atoms with Gasteiger partial charge in [-0.1, -0.05) is 6.07 Å². The standard InChI is InChI=1S/C26H29FN4O2/c1-26(2)21(15-23(33-26)24-20-7-5-18(27)14-22(20)29-25(24)32)17-4-6-19(28-16-17)8-9-31-12-10-30(3)11-13-31/h4-7,14-16H,8-13H2,1-3H3,(H,29,32). The van der Waals surface area contributed by atoms with Gasteiger partial charge >= 0.3 is 0 Å². The molecular formula is C26H29FN4O2. The van der Waals surface area contributed by atoms with Crippen LogP contribution in [-0.4, -0.2) is 66.1 Å². The number of halogens is 1. The minimum absolute atomic E-state index is 0.281. The Kier molecular flexibility index (Phi) is 5.54. The third-order valence-corrected chi connectivity index (χ3v) is 6.68. The highest BCUT2D eigenvalue weighted by atomic mass is 19.1. The average Bonchev–Trinajstić information content (AvgIpc) is 3.27. The van der Waals surface area contributed by atoms with E-state index >= 15 is 0 Å². The lowest BCUT2D eigenvalue weighted by atomic mass is 9.93. The summed E-state index contributed by atoms with van der Waals surface area (Å²) in [7, 11) is 2.17. The molecule has 3 aliphatic rings. The molecule has 1 N–H and O–H groups in total. The molecule has 1 saturated heterocycles. The number of ether oxygens (including phenoxy) is 1. The van der Waals surface area contributed by atoms with E-state index in [9.17, 15) is 9.18 Å². The van der Waals surface area contributed by atoms with Crippen LogP contribution in [0.3, 0.4) is 0 Å². The van der Waals surface area contributed by atoms with Crippen molar-refractivity contribution < 1.29 is 13.9 Å². The molecule has 7 heteroatoms. The van der Waals surface area contributed by atoms with E-state index in [-0.39, 0.29) is 11.7 Å². The first-order valence-corrected chi connectivity index (χ1v) is 11.4. The molecule has 2 aromatic rings. The van der Waals surface area contributed by atoms with Crippen molar-refractivity contribution in [2.24, 2.45) is 0 Å². The molecular weight excluding hydrogens is 419 g/mol. The number of nitrogens with one attached hydrogen (secondary N) is 1. The van der Waals surface area contributed by atoms with Crippen molar-refractivity contribution in [3.05, 3.63) is 71.0 Å². The second kappa shape index (κ2) is 8.39. The molecule has 1 amide bonds. The van der Waals surface area contributed by atoms with Gasteiger partial charge in [0.05, 0.1) is 11.3 Å². The maximum absolute atomic E-state index is 13.6. The number of amides is 1. The summed E-state index contributed by atoms with van der Waals surface area (Å²) in [4.78, 5) is 22.2. The van der Waals surface area contributed by atoms with Gasteiger partial charge in [-0.25, -0.2) is 4.39 Å². The van der Waals surface area contributed by atoms with E-state index in [0.29, 0.717) is 22.6 Å². The van der Waals surface area contributed by atoms with E-state index in [0.717, 1.165) is 56.0 Å². The molecule has 0 aliphatic carbocycles. The fraction of sp³-hybridized carbons (Fsp3) is 0.385. The van der Waals surface area contributed by atoms with Gasteiger partial charge in [0.15, 0.2) is 0 Å². The van der Waals surface area contributed by atoms with Crippen molar-refractivity contribution >= 4 is 22.7 Å². The van der Waals surface area contributed by atoms with Crippen LogP contribution in [0.25, 0.3) is 11.1 Å². The summed E-state index contributed by atoms with van der Waals surface area (Å²) in [6.07, 6.45) is 4.72. The molecule has 6 nitrogen and oxygen atoms in total. The maximum Gasteiger partial charge on any atom is 0.260 e. The molecule has 4 heterocycles. The Hall–Kier alpha value is -3.03. The van der Waals surface area contributed by atoms with E-state index in [1.54, 1.807) is 6.07 Å². The zero-order valence-electron chi connectivity index (χ0n) is 19.3. The van der Waals surface area contributed by atoms with Crippen molar-refractivity contribution in [1.82, 2.24) is 14.8 Å². The zero-order valence-corrected chi connectivity index (χ0v) is 19.3. The van der Waals surface area contributed by atoms with Crippen molar-refractivity contribution in [3.8, 4) is 0 Å². The van der Waals surface area contributed by atoms with Gasteiger partial charge in [0.1, 0.15) is 17.2 Å². The number of piperazine rings is 1. The Morgan fingerprint density at radius 2 is 1.94 bits per heavy atom. The Morgan fingerprint density at radius 1 is 1.15 bits per heavy atom. The lowest BCUT2D eigenvalue weighted by Crippen LogP contribution is -2.45. The van der Waals surface area contributed by atoms with Crippen molar-refractivity contribution in [2.75, 3.05) is 45.1 Å². The smallest absolute Gasteiger partial charge is 0.260 e. The second-order valence-corrected chi connectivity index (χ2v) is 9.49. The molecule has 1 fully saturated rings. The van der Waals surface area contributed by atoms with E-state index in [4.69, 9.17) is 9.72 Å². The molecule has 0 bridgehead atoms. The molecule has 0 saturated carbocycles. The Bertz CT molecular complexity index is 1150. The van der Waals surface area contributed by atoms with Crippen LogP contribution in [0, 0.1) is 5.82 Å². The largest absolute Gasteiger partial charge is 0.482 e. The van der Waals surface area contributed by atoms with Gasteiger partial charge in [0.25, 0.3) is 5.91 Å². The van der Waals surface area contributed by atoms with Gasteiger partial charge in [0.2, 0.25) is 0 Å². The first-order valence-electron chi connectivity index (χ1n) is 11.4. The topological polar surface area (TPSA) is 57.7 Å². The normalized spacial score (nSPS) is 22.7. The number of nitrogens with zero attached hydrogens (tertiary/aromatic N) is 3. The Balaban J connectivity index is 1.36. The van der Waals surface area contributed by atoms with Gasteiger partial charge in [0, 0.05) is 67.7 Å². The molecule has 1 aromatic heterocycles. The average molecular weight is 449 g/mol. The van der Waals surface area contributed by atoms with Crippen LogP contribution in [0.1, 0.15) is 30.7 Å². The molecule has 5 rings (SSSR count). The molecule has 0 spiro atoms. The molecule has 1 aromatic carbocycles. The molecule has 0 radical (unpaired) electrons. The van der Waals surface area contributed by atoms with Gasteiger partial charge in [-0.3, -0.25) is 9.78 Å². The van der Waals surface area contributed by atoms with Crippen LogP contribution >= 0.6 is 0 Å². The number of benzene rings is 1. The van der Waals surface area contributed by atoms with E-state index in [1.165, 1.54) is 12.1 Å². The number of pyridine rings is 1. The number of carbonyl (C=O) groups excluding carboxylic acids is 1. The summed E-state index contributed by atoms with van der Waals surface area (Å²) in [5.74, 6) is -0.170. The number of allylic oxidation sites excluding steroid dienone is 1. The van der Waals surface area contributed by atoms with Crippen molar-refractivity contribution in [3.63, 3.8) is 0 Å². The molecule has 3 aliphatic heterocycles. The number of likely N-dealkylation sites (N-methyl/N-ethyl adjacent to an activating group) is 1. The predicted octanol–water partition coefficient (Wildman–Crippen LogP) is 3.57. The monoisotopic (exact) mass is 448 g/mol. The van der Waals surface area contributed by atoms with Crippen LogP contribution in [0.4, 0.5) is 10.1 Å². The highest BCUT2D eigenvalue weighted by Crippen LogP contribution is 2.44. The lowest BCUT2D eigenvalue weighted by Gasteiger charge is -2.32. The van der Waals surface area contributed by atoms with Crippen LogP contribution in [0.15, 0.2) is 48.4 Å². The third-order valence-electron chi connectivity index (χ3n) is 6.68. The summed E-state index contributed by atoms with van der Waals surface area (Å²) < 4.78 is 19.8. The predicted molar refractivity (Wildman–Crippen MR) is 127 cm³/mol. The number of aromatic nitrogens is 1. The van der Waals surface area contributed by atoms with Crippen LogP contribution in [-0.2, 0) is 16.0 Å². The highest BCUT2D eigenvalue weighted by Gasteiger charge is 2.38. The lowest BCUT2D eigenvalue weighted by molar-refractivity contribution is -0.111. The molecule has 33 heavy (non-hydrogen) atoms. The number of fused-ring (bicyclic) bond motifs is 1. The quantitative estimate of drug-likeness (QED) is 0.725. The SMILES string of the molecule is CN1CCN(CCc2ccc(C3=CC(=C4C(=O)Nc5cc(F)ccc54)OC3(C)C)cn2)CC1.